The van der Waals surface area contributed by atoms with Gasteiger partial charge in [0.1, 0.15) is 0 Å². The Balaban J connectivity index is 2.13. The van der Waals surface area contributed by atoms with Crippen LogP contribution in [-0.4, -0.2) is 27.6 Å². The zero-order valence-corrected chi connectivity index (χ0v) is 13.1. The third kappa shape index (κ3) is 4.29. The molecule has 2 aromatic heterocycles. The van der Waals surface area contributed by atoms with Crippen molar-refractivity contribution in [3.8, 4) is 17.1 Å². The number of ether oxygens (including phenoxy) is 1. The number of carbonyl (C=O) groups is 1. The largest absolute Gasteiger partial charge is 0.488 e. The maximum absolute atomic E-state index is 11.6. The van der Waals surface area contributed by atoms with Crippen LogP contribution in [0.25, 0.3) is 11.4 Å². The fourth-order valence-electron chi connectivity index (χ4n) is 1.76. The quantitative estimate of drug-likeness (QED) is 0.704. The highest BCUT2D eigenvalue weighted by Crippen LogP contribution is 2.17. The van der Waals surface area contributed by atoms with Crippen molar-refractivity contribution in [2.75, 3.05) is 11.9 Å². The maximum atomic E-state index is 11.6. The number of rotatable bonds is 6. The Hall–Kier alpha value is -3.42. The Morgan fingerprint density at radius 1 is 1.42 bits per heavy atom. The lowest BCUT2D eigenvalue weighted by atomic mass is 10.2. The Bertz CT molecular complexity index is 811. The SMILES string of the molecule is C=CC(=C)NC(=O)Nc1cnc(-c2c[nH]c(=O)c(OCC)c2)nc1. The number of nitrogens with zero attached hydrogens (tertiary/aromatic N) is 2. The van der Waals surface area contributed by atoms with E-state index in [0.29, 0.717) is 29.4 Å². The number of H-pyrrole nitrogens is 1. The van der Waals surface area contributed by atoms with Crippen LogP contribution in [0.2, 0.25) is 0 Å². The molecule has 0 spiro atoms. The number of nitrogens with one attached hydrogen (secondary N) is 3. The molecule has 8 nitrogen and oxygen atoms in total. The minimum atomic E-state index is -0.473. The lowest BCUT2D eigenvalue weighted by molar-refractivity contribution is 0.254. The molecule has 2 rings (SSSR count). The van der Waals surface area contributed by atoms with Gasteiger partial charge < -0.3 is 20.4 Å². The summed E-state index contributed by atoms with van der Waals surface area (Å²) >= 11 is 0. The van der Waals surface area contributed by atoms with Crippen molar-refractivity contribution >= 4 is 11.7 Å². The molecule has 0 bridgehead atoms. The Kier molecular flexibility index (Phi) is 5.45. The molecule has 0 aliphatic carbocycles. The standard InChI is InChI=1S/C16H17N5O3/c1-4-10(3)20-16(23)21-12-8-17-14(18-9-12)11-6-13(24-5-2)15(22)19-7-11/h4,6-9H,1,3,5H2,2H3,(H,19,22)(H2,20,21,23). The van der Waals surface area contributed by atoms with Crippen LogP contribution in [0.5, 0.6) is 5.75 Å². The highest BCUT2D eigenvalue weighted by Gasteiger charge is 2.08. The topological polar surface area (TPSA) is 109 Å². The van der Waals surface area contributed by atoms with Gasteiger partial charge in [0.05, 0.1) is 24.7 Å². The second-order valence-corrected chi connectivity index (χ2v) is 4.62. The zero-order valence-electron chi connectivity index (χ0n) is 13.1. The number of urea groups is 1. The van der Waals surface area contributed by atoms with Gasteiger partial charge in [-0.2, -0.15) is 0 Å². The number of amides is 2. The first-order valence-corrected chi connectivity index (χ1v) is 7.10. The molecule has 3 N–H and O–H groups in total. The smallest absolute Gasteiger partial charge is 0.323 e. The first-order chi connectivity index (χ1) is 11.5. The molecule has 0 saturated carbocycles. The summed E-state index contributed by atoms with van der Waals surface area (Å²) in [6.07, 6.45) is 5.81. The average Bonchev–Trinajstić information content (AvgIpc) is 2.57. The number of aromatic amines is 1. The summed E-state index contributed by atoms with van der Waals surface area (Å²) in [6.45, 7) is 9.23. The molecule has 2 amide bonds. The second-order valence-electron chi connectivity index (χ2n) is 4.62. The highest BCUT2D eigenvalue weighted by molar-refractivity contribution is 5.90. The summed E-state index contributed by atoms with van der Waals surface area (Å²) in [7, 11) is 0. The molecule has 0 fully saturated rings. The lowest BCUT2D eigenvalue weighted by Gasteiger charge is -2.07. The maximum Gasteiger partial charge on any atom is 0.323 e. The van der Waals surface area contributed by atoms with Crippen molar-refractivity contribution in [2.24, 2.45) is 0 Å². The summed E-state index contributed by atoms with van der Waals surface area (Å²) in [6, 6.07) is 1.09. The van der Waals surface area contributed by atoms with E-state index >= 15 is 0 Å². The summed E-state index contributed by atoms with van der Waals surface area (Å²) in [5.41, 5.74) is 1.05. The minimum absolute atomic E-state index is 0.197. The van der Waals surface area contributed by atoms with Crippen molar-refractivity contribution in [1.29, 1.82) is 0 Å². The molecule has 8 heteroatoms. The molecule has 124 valence electrons. The number of hydrogen-bond donors (Lipinski definition) is 3. The number of allylic oxidation sites excluding steroid dienone is 1. The Labute approximate surface area is 138 Å². The van der Waals surface area contributed by atoms with E-state index in [2.05, 4.69) is 38.7 Å². The van der Waals surface area contributed by atoms with E-state index in [-0.39, 0.29) is 11.3 Å². The van der Waals surface area contributed by atoms with Crippen molar-refractivity contribution < 1.29 is 9.53 Å². The van der Waals surface area contributed by atoms with Crippen LogP contribution in [-0.2, 0) is 0 Å². The normalized spacial score (nSPS) is 9.88. The molecule has 0 aliphatic rings. The predicted molar refractivity (Wildman–Crippen MR) is 90.7 cm³/mol. The molecule has 2 aromatic rings. The first-order valence-electron chi connectivity index (χ1n) is 7.10. The van der Waals surface area contributed by atoms with Gasteiger partial charge in [-0.15, -0.1) is 0 Å². The van der Waals surface area contributed by atoms with Crippen LogP contribution in [0.4, 0.5) is 10.5 Å². The first kappa shape index (κ1) is 16.9. The predicted octanol–water partition coefficient (Wildman–Crippen LogP) is 2.05. The summed E-state index contributed by atoms with van der Waals surface area (Å²) < 4.78 is 5.24. The van der Waals surface area contributed by atoms with Gasteiger partial charge in [-0.05, 0) is 19.1 Å². The van der Waals surface area contributed by atoms with Gasteiger partial charge in [0.25, 0.3) is 5.56 Å². The van der Waals surface area contributed by atoms with E-state index in [4.69, 9.17) is 4.74 Å². The van der Waals surface area contributed by atoms with Crippen LogP contribution in [0.1, 0.15) is 6.92 Å². The van der Waals surface area contributed by atoms with E-state index in [9.17, 15) is 9.59 Å². The highest BCUT2D eigenvalue weighted by atomic mass is 16.5. The molecule has 0 saturated heterocycles. The molecule has 0 aliphatic heterocycles. The van der Waals surface area contributed by atoms with E-state index in [1.54, 1.807) is 13.0 Å². The van der Waals surface area contributed by atoms with Crippen molar-refractivity contribution in [3.05, 3.63) is 59.9 Å². The molecule has 0 atom stereocenters. The molecule has 2 heterocycles. The van der Waals surface area contributed by atoms with Crippen molar-refractivity contribution in [2.45, 2.75) is 6.92 Å². The van der Waals surface area contributed by atoms with Gasteiger partial charge >= 0.3 is 6.03 Å². The zero-order chi connectivity index (χ0) is 17.5. The number of hydrogen-bond acceptors (Lipinski definition) is 5. The van der Waals surface area contributed by atoms with Crippen LogP contribution in [0.15, 0.2) is 54.4 Å². The number of anilines is 1. The number of aromatic nitrogens is 3. The molecule has 0 aromatic carbocycles. The van der Waals surface area contributed by atoms with Gasteiger partial charge in [-0.25, -0.2) is 14.8 Å². The number of pyridine rings is 1. The summed E-state index contributed by atoms with van der Waals surface area (Å²) in [4.78, 5) is 34.1. The van der Waals surface area contributed by atoms with Crippen LogP contribution in [0.3, 0.4) is 0 Å². The molecule has 24 heavy (non-hydrogen) atoms. The monoisotopic (exact) mass is 327 g/mol. The van der Waals surface area contributed by atoms with Crippen LogP contribution in [0, 0.1) is 0 Å². The lowest BCUT2D eigenvalue weighted by Crippen LogP contribution is -2.27. The van der Waals surface area contributed by atoms with Crippen molar-refractivity contribution in [1.82, 2.24) is 20.3 Å². The summed E-state index contributed by atoms with van der Waals surface area (Å²) in [5.74, 6) is 0.580. The third-order valence-electron chi connectivity index (χ3n) is 2.86. The van der Waals surface area contributed by atoms with Crippen LogP contribution >= 0.6 is 0 Å². The summed E-state index contributed by atoms with van der Waals surface area (Å²) in [5, 5.41) is 5.04. The van der Waals surface area contributed by atoms with Gasteiger partial charge in [-0.3, -0.25) is 4.79 Å². The second kappa shape index (κ2) is 7.73. The molecular formula is C16H17N5O3. The number of carbonyl (C=O) groups excluding carboxylic acids is 1. The van der Waals surface area contributed by atoms with E-state index in [0.717, 1.165) is 0 Å². The van der Waals surface area contributed by atoms with Gasteiger partial charge in [0, 0.05) is 17.5 Å². The van der Waals surface area contributed by atoms with E-state index < -0.39 is 6.03 Å². The third-order valence-corrected chi connectivity index (χ3v) is 2.86. The van der Waals surface area contributed by atoms with Crippen LogP contribution < -0.4 is 20.9 Å². The molecular weight excluding hydrogens is 310 g/mol. The fourth-order valence-corrected chi connectivity index (χ4v) is 1.76. The average molecular weight is 327 g/mol. The van der Waals surface area contributed by atoms with Crippen molar-refractivity contribution in [3.63, 3.8) is 0 Å². The molecule has 0 unspecified atom stereocenters. The Morgan fingerprint density at radius 2 is 2.12 bits per heavy atom. The Morgan fingerprint density at radius 3 is 2.75 bits per heavy atom. The van der Waals surface area contributed by atoms with Gasteiger partial charge in [0.2, 0.25) is 0 Å². The fraction of sp³-hybridized carbons (Fsp3) is 0.125. The minimum Gasteiger partial charge on any atom is -0.488 e. The van der Waals surface area contributed by atoms with E-state index in [1.807, 2.05) is 0 Å². The molecule has 0 radical (unpaired) electrons. The van der Waals surface area contributed by atoms with Gasteiger partial charge in [0.15, 0.2) is 11.6 Å². The van der Waals surface area contributed by atoms with Gasteiger partial charge in [-0.1, -0.05) is 13.2 Å². The van der Waals surface area contributed by atoms with E-state index in [1.165, 1.54) is 24.7 Å².